The number of aliphatic hydroxyl groups is 1. The van der Waals surface area contributed by atoms with Gasteiger partial charge in [-0.15, -0.1) is 0 Å². The van der Waals surface area contributed by atoms with E-state index in [1.54, 1.807) is 0 Å². The summed E-state index contributed by atoms with van der Waals surface area (Å²) < 4.78 is 5.91. The average molecular weight is 297 g/mol. The van der Waals surface area contributed by atoms with Gasteiger partial charge in [-0.3, -0.25) is 0 Å². The first-order valence-electron chi connectivity index (χ1n) is 9.06. The maximum Gasteiger partial charge on any atom is 0.0897 e. The smallest absolute Gasteiger partial charge is 0.0897 e. The molecule has 0 amide bonds. The maximum atomic E-state index is 10.1. The molecule has 3 heteroatoms. The van der Waals surface area contributed by atoms with Crippen LogP contribution in [0.25, 0.3) is 0 Å². The lowest BCUT2D eigenvalue weighted by Gasteiger charge is -2.33. The molecule has 2 aliphatic carbocycles. The van der Waals surface area contributed by atoms with Crippen molar-refractivity contribution in [1.29, 1.82) is 0 Å². The van der Waals surface area contributed by atoms with Gasteiger partial charge in [-0.1, -0.05) is 33.6 Å². The first kappa shape index (κ1) is 17.2. The van der Waals surface area contributed by atoms with Gasteiger partial charge in [0.2, 0.25) is 0 Å². The molecular formula is C18H35NO2. The summed E-state index contributed by atoms with van der Waals surface area (Å²) in [6, 6.07) is 0.577. The van der Waals surface area contributed by atoms with Gasteiger partial charge in [-0.05, 0) is 49.9 Å². The fraction of sp³-hybridized carbons (Fsp3) is 1.00. The van der Waals surface area contributed by atoms with E-state index in [9.17, 15) is 5.11 Å². The van der Waals surface area contributed by atoms with Gasteiger partial charge in [0.25, 0.3) is 0 Å². The van der Waals surface area contributed by atoms with Crippen LogP contribution in [0, 0.1) is 17.8 Å². The molecule has 21 heavy (non-hydrogen) atoms. The third-order valence-corrected chi connectivity index (χ3v) is 5.23. The van der Waals surface area contributed by atoms with Crippen molar-refractivity contribution < 1.29 is 9.84 Å². The van der Waals surface area contributed by atoms with E-state index in [0.717, 1.165) is 24.2 Å². The number of aliphatic hydroxyl groups excluding tert-OH is 1. The van der Waals surface area contributed by atoms with Crippen molar-refractivity contribution >= 4 is 0 Å². The Hall–Kier alpha value is -0.120. The Morgan fingerprint density at radius 3 is 2.38 bits per heavy atom. The highest BCUT2D eigenvalue weighted by Crippen LogP contribution is 2.28. The zero-order valence-electron chi connectivity index (χ0n) is 14.2. The molecule has 0 saturated heterocycles. The van der Waals surface area contributed by atoms with Gasteiger partial charge >= 0.3 is 0 Å². The van der Waals surface area contributed by atoms with Crippen LogP contribution in [0.4, 0.5) is 0 Å². The molecule has 0 aromatic carbocycles. The highest BCUT2D eigenvalue weighted by atomic mass is 16.5. The third-order valence-electron chi connectivity index (χ3n) is 5.23. The topological polar surface area (TPSA) is 41.5 Å². The minimum atomic E-state index is -0.366. The number of hydrogen-bond donors (Lipinski definition) is 2. The Morgan fingerprint density at radius 1 is 1.00 bits per heavy atom. The van der Waals surface area contributed by atoms with Crippen LogP contribution in [0.5, 0.6) is 0 Å². The molecule has 0 spiro atoms. The highest BCUT2D eigenvalue weighted by molar-refractivity contribution is 4.80. The molecule has 0 aromatic rings. The number of nitrogens with one attached hydrogen (secondary N) is 1. The van der Waals surface area contributed by atoms with Crippen LogP contribution < -0.4 is 5.32 Å². The van der Waals surface area contributed by atoms with Crippen molar-refractivity contribution in [2.45, 2.75) is 84.0 Å². The zero-order chi connectivity index (χ0) is 15.2. The Morgan fingerprint density at radius 2 is 1.71 bits per heavy atom. The molecule has 0 heterocycles. The van der Waals surface area contributed by atoms with Crippen molar-refractivity contribution in [2.75, 3.05) is 13.2 Å². The number of rotatable bonds is 6. The zero-order valence-corrected chi connectivity index (χ0v) is 14.2. The van der Waals surface area contributed by atoms with Gasteiger partial charge in [0, 0.05) is 12.6 Å². The van der Waals surface area contributed by atoms with E-state index in [-0.39, 0.29) is 6.10 Å². The van der Waals surface area contributed by atoms with E-state index in [0.29, 0.717) is 25.3 Å². The van der Waals surface area contributed by atoms with Crippen LogP contribution in [-0.2, 0) is 4.74 Å². The van der Waals surface area contributed by atoms with Gasteiger partial charge in [-0.25, -0.2) is 0 Å². The van der Waals surface area contributed by atoms with Gasteiger partial charge in [-0.2, -0.15) is 0 Å². The summed E-state index contributed by atoms with van der Waals surface area (Å²) in [7, 11) is 0. The molecule has 2 fully saturated rings. The number of hydrogen-bond acceptors (Lipinski definition) is 3. The lowest BCUT2D eigenvalue weighted by atomic mass is 9.80. The first-order chi connectivity index (χ1) is 10.0. The van der Waals surface area contributed by atoms with Crippen molar-refractivity contribution in [2.24, 2.45) is 17.8 Å². The molecule has 0 aliphatic heterocycles. The van der Waals surface area contributed by atoms with E-state index in [2.05, 4.69) is 26.1 Å². The van der Waals surface area contributed by atoms with Crippen LogP contribution in [0.1, 0.15) is 65.7 Å². The van der Waals surface area contributed by atoms with Gasteiger partial charge in [0.15, 0.2) is 0 Å². The molecule has 5 atom stereocenters. The minimum absolute atomic E-state index is 0.366. The molecule has 2 N–H and O–H groups in total. The Bertz CT molecular complexity index is 287. The van der Waals surface area contributed by atoms with Gasteiger partial charge in [0.1, 0.15) is 0 Å². The summed E-state index contributed by atoms with van der Waals surface area (Å²) >= 11 is 0. The van der Waals surface area contributed by atoms with E-state index in [1.165, 1.54) is 38.5 Å². The van der Waals surface area contributed by atoms with Crippen LogP contribution in [0.2, 0.25) is 0 Å². The van der Waals surface area contributed by atoms with E-state index in [4.69, 9.17) is 4.74 Å². The van der Waals surface area contributed by atoms with Crippen LogP contribution in [-0.4, -0.2) is 36.5 Å². The first-order valence-corrected chi connectivity index (χ1v) is 9.06. The molecule has 2 aliphatic rings. The van der Waals surface area contributed by atoms with Crippen molar-refractivity contribution in [3.63, 3.8) is 0 Å². The SMILES string of the molecule is CC1CC(C)CC(NCC(O)COC2CCCC(C)C2)C1. The third kappa shape index (κ3) is 6.25. The fourth-order valence-electron chi connectivity index (χ4n) is 4.25. The predicted molar refractivity (Wildman–Crippen MR) is 87.3 cm³/mol. The predicted octanol–water partition coefficient (Wildman–Crippen LogP) is 3.36. The molecule has 3 nitrogen and oxygen atoms in total. The Labute approximate surface area is 130 Å². The molecule has 124 valence electrons. The number of ether oxygens (including phenoxy) is 1. The average Bonchev–Trinajstić information content (AvgIpc) is 2.42. The maximum absolute atomic E-state index is 10.1. The molecule has 5 unspecified atom stereocenters. The molecule has 0 radical (unpaired) electrons. The molecule has 2 rings (SSSR count). The molecule has 0 bridgehead atoms. The lowest BCUT2D eigenvalue weighted by molar-refractivity contribution is -0.0316. The Balaban J connectivity index is 1.59. The quantitative estimate of drug-likeness (QED) is 0.790. The van der Waals surface area contributed by atoms with E-state index in [1.807, 2.05) is 0 Å². The molecule has 0 aromatic heterocycles. The van der Waals surface area contributed by atoms with Crippen LogP contribution in [0.3, 0.4) is 0 Å². The van der Waals surface area contributed by atoms with E-state index >= 15 is 0 Å². The second kappa shape index (κ2) is 8.50. The standard InChI is InChI=1S/C18H35NO2/c1-13-5-4-6-18(10-13)21-12-17(20)11-19-16-8-14(2)7-15(3)9-16/h13-20H,4-12H2,1-3H3. The van der Waals surface area contributed by atoms with Crippen LogP contribution >= 0.6 is 0 Å². The fourth-order valence-corrected chi connectivity index (χ4v) is 4.25. The molecule has 2 saturated carbocycles. The minimum Gasteiger partial charge on any atom is -0.389 e. The lowest BCUT2D eigenvalue weighted by Crippen LogP contribution is -2.41. The summed E-state index contributed by atoms with van der Waals surface area (Å²) in [4.78, 5) is 0. The highest BCUT2D eigenvalue weighted by Gasteiger charge is 2.24. The van der Waals surface area contributed by atoms with Gasteiger partial charge < -0.3 is 15.2 Å². The second-order valence-corrected chi connectivity index (χ2v) is 7.90. The summed E-state index contributed by atoms with van der Waals surface area (Å²) in [6.45, 7) is 8.15. The van der Waals surface area contributed by atoms with Gasteiger partial charge in [0.05, 0.1) is 18.8 Å². The molecular weight excluding hydrogens is 262 g/mol. The van der Waals surface area contributed by atoms with Crippen molar-refractivity contribution in [3.05, 3.63) is 0 Å². The van der Waals surface area contributed by atoms with E-state index < -0.39 is 0 Å². The van der Waals surface area contributed by atoms with Crippen molar-refractivity contribution in [1.82, 2.24) is 5.32 Å². The second-order valence-electron chi connectivity index (χ2n) is 7.90. The van der Waals surface area contributed by atoms with Crippen LogP contribution in [0.15, 0.2) is 0 Å². The monoisotopic (exact) mass is 297 g/mol. The Kier molecular flexibility index (Phi) is 6.97. The normalized spacial score (nSPS) is 39.1. The summed E-state index contributed by atoms with van der Waals surface area (Å²) in [5, 5.41) is 13.7. The largest absolute Gasteiger partial charge is 0.389 e. The summed E-state index contributed by atoms with van der Waals surface area (Å²) in [6.07, 6.45) is 8.80. The van der Waals surface area contributed by atoms with Crippen molar-refractivity contribution in [3.8, 4) is 0 Å². The summed E-state index contributed by atoms with van der Waals surface area (Å²) in [5.74, 6) is 2.40. The summed E-state index contributed by atoms with van der Waals surface area (Å²) in [5.41, 5.74) is 0.